The van der Waals surface area contributed by atoms with Crippen LogP contribution in [0.25, 0.3) is 0 Å². The zero-order chi connectivity index (χ0) is 9.71. The molecule has 0 amide bonds. The van der Waals surface area contributed by atoms with E-state index in [0.717, 1.165) is 13.0 Å². The average Bonchev–Trinajstić information content (AvgIpc) is 2.67. The molecule has 0 radical (unpaired) electrons. The van der Waals surface area contributed by atoms with E-state index in [4.69, 9.17) is 5.73 Å². The van der Waals surface area contributed by atoms with E-state index in [0.29, 0.717) is 17.9 Å². The molecular formula is C11H17N3. The molecular weight excluding hydrogens is 174 g/mol. The number of hydrogen-bond donors (Lipinski definition) is 3. The maximum Gasteiger partial charge on any atom is 0.100 e. The van der Waals surface area contributed by atoms with Crippen molar-refractivity contribution in [2.75, 3.05) is 6.54 Å². The van der Waals surface area contributed by atoms with Crippen molar-refractivity contribution < 1.29 is 0 Å². The van der Waals surface area contributed by atoms with Crippen molar-refractivity contribution in [2.45, 2.75) is 25.4 Å². The first-order chi connectivity index (χ1) is 6.77. The largest absolute Gasteiger partial charge is 0.370 e. The average molecular weight is 191 g/mol. The van der Waals surface area contributed by atoms with Crippen LogP contribution >= 0.6 is 0 Å². The summed E-state index contributed by atoms with van der Waals surface area (Å²) in [5.41, 5.74) is 7.54. The summed E-state index contributed by atoms with van der Waals surface area (Å²) in [6, 6.07) is 0.806. The minimum Gasteiger partial charge on any atom is -0.370 e. The third-order valence-corrected chi connectivity index (χ3v) is 3.71. The smallest absolute Gasteiger partial charge is 0.100 e. The fourth-order valence-corrected chi connectivity index (χ4v) is 3.06. The number of rotatable bonds is 0. The van der Waals surface area contributed by atoms with Crippen LogP contribution in [0, 0.1) is 11.8 Å². The molecule has 0 saturated heterocycles. The molecule has 0 saturated carbocycles. The Morgan fingerprint density at radius 3 is 3.21 bits per heavy atom. The van der Waals surface area contributed by atoms with E-state index in [1.54, 1.807) is 0 Å². The van der Waals surface area contributed by atoms with Crippen LogP contribution in [0.5, 0.6) is 0 Å². The van der Waals surface area contributed by atoms with Gasteiger partial charge >= 0.3 is 0 Å². The lowest BCUT2D eigenvalue weighted by Crippen LogP contribution is -2.41. The van der Waals surface area contributed by atoms with E-state index in [2.05, 4.69) is 29.7 Å². The summed E-state index contributed by atoms with van der Waals surface area (Å²) in [7, 11) is 0. The van der Waals surface area contributed by atoms with E-state index in [1.807, 2.05) is 0 Å². The van der Waals surface area contributed by atoms with Gasteiger partial charge in [0.15, 0.2) is 0 Å². The summed E-state index contributed by atoms with van der Waals surface area (Å²) < 4.78 is 0. The Labute approximate surface area is 84.4 Å². The normalized spacial score (nSPS) is 44.4. The molecule has 2 aliphatic heterocycles. The Balaban J connectivity index is 1.96. The molecule has 2 heterocycles. The van der Waals surface area contributed by atoms with Crippen LogP contribution in [-0.4, -0.2) is 18.6 Å². The van der Waals surface area contributed by atoms with Crippen molar-refractivity contribution >= 4 is 0 Å². The lowest BCUT2D eigenvalue weighted by Gasteiger charge is -2.31. The molecule has 0 bridgehead atoms. The first-order valence-electron chi connectivity index (χ1n) is 5.44. The highest BCUT2D eigenvalue weighted by Gasteiger charge is 2.42. The van der Waals surface area contributed by atoms with Gasteiger partial charge in [0.2, 0.25) is 0 Å². The molecule has 0 aromatic rings. The Kier molecular flexibility index (Phi) is 1.65. The molecule has 14 heavy (non-hydrogen) atoms. The molecule has 0 spiro atoms. The van der Waals surface area contributed by atoms with Crippen molar-refractivity contribution in [3.05, 3.63) is 23.5 Å². The van der Waals surface area contributed by atoms with E-state index in [9.17, 15) is 0 Å². The summed E-state index contributed by atoms with van der Waals surface area (Å²) in [6.07, 6.45) is 5.74. The van der Waals surface area contributed by atoms with Crippen LogP contribution in [0.3, 0.4) is 0 Å². The van der Waals surface area contributed by atoms with Gasteiger partial charge in [-0.15, -0.1) is 0 Å². The van der Waals surface area contributed by atoms with Crippen LogP contribution in [0.4, 0.5) is 0 Å². The predicted molar refractivity (Wildman–Crippen MR) is 56.3 cm³/mol. The highest BCUT2D eigenvalue weighted by atomic mass is 15.2. The van der Waals surface area contributed by atoms with Crippen LogP contribution < -0.4 is 16.4 Å². The standard InChI is InChI=1S/C11H17N3/c1-6-3-2-4-8-9(6)10-7(12)5-13-11(10)14-8/h2-3,6-9,13-14H,4-5,12H2,1H3. The van der Waals surface area contributed by atoms with E-state index < -0.39 is 0 Å². The van der Waals surface area contributed by atoms with Crippen molar-refractivity contribution in [1.82, 2.24) is 10.6 Å². The van der Waals surface area contributed by atoms with E-state index >= 15 is 0 Å². The third kappa shape index (κ3) is 0.960. The molecule has 0 aromatic carbocycles. The third-order valence-electron chi connectivity index (χ3n) is 3.71. The molecule has 3 heteroatoms. The SMILES string of the molecule is CC1C=CCC2NC3=C(C(N)CN3)C12. The molecule has 3 rings (SSSR count). The highest BCUT2D eigenvalue weighted by molar-refractivity contribution is 5.35. The summed E-state index contributed by atoms with van der Waals surface area (Å²) in [5.74, 6) is 2.47. The summed E-state index contributed by atoms with van der Waals surface area (Å²) in [6.45, 7) is 3.19. The van der Waals surface area contributed by atoms with Gasteiger partial charge in [-0.25, -0.2) is 0 Å². The van der Waals surface area contributed by atoms with Gasteiger partial charge in [0.25, 0.3) is 0 Å². The summed E-state index contributed by atoms with van der Waals surface area (Å²) in [5, 5.41) is 6.91. The zero-order valence-corrected chi connectivity index (χ0v) is 8.46. The van der Waals surface area contributed by atoms with Gasteiger partial charge in [0, 0.05) is 24.5 Å². The van der Waals surface area contributed by atoms with Crippen LogP contribution in [-0.2, 0) is 0 Å². The Bertz CT molecular complexity index is 318. The number of nitrogens with two attached hydrogens (primary N) is 1. The van der Waals surface area contributed by atoms with E-state index in [-0.39, 0.29) is 6.04 Å². The highest BCUT2D eigenvalue weighted by Crippen LogP contribution is 2.39. The Morgan fingerprint density at radius 2 is 2.36 bits per heavy atom. The first kappa shape index (κ1) is 8.36. The predicted octanol–water partition coefficient (Wildman–Crippen LogP) is 0.313. The van der Waals surface area contributed by atoms with Gasteiger partial charge < -0.3 is 16.4 Å². The van der Waals surface area contributed by atoms with Gasteiger partial charge in [-0.3, -0.25) is 0 Å². The molecule has 4 N–H and O–H groups in total. The molecule has 3 aliphatic rings. The van der Waals surface area contributed by atoms with Crippen LogP contribution in [0.15, 0.2) is 23.5 Å². The Hall–Kier alpha value is -0.960. The minimum absolute atomic E-state index is 0.224. The quantitative estimate of drug-likeness (QED) is 0.483. The molecule has 3 nitrogen and oxygen atoms in total. The molecule has 0 fully saturated rings. The fraction of sp³-hybridized carbons (Fsp3) is 0.636. The summed E-state index contributed by atoms with van der Waals surface area (Å²) in [4.78, 5) is 0. The second kappa shape index (κ2) is 2.76. The van der Waals surface area contributed by atoms with Gasteiger partial charge in [-0.05, 0) is 17.9 Å². The maximum atomic E-state index is 6.10. The number of nitrogens with one attached hydrogen (secondary N) is 2. The second-order valence-corrected chi connectivity index (χ2v) is 4.62. The van der Waals surface area contributed by atoms with E-state index in [1.165, 1.54) is 11.4 Å². The van der Waals surface area contributed by atoms with Gasteiger partial charge in [0.1, 0.15) is 5.82 Å². The van der Waals surface area contributed by atoms with Crippen LogP contribution in [0.2, 0.25) is 0 Å². The molecule has 4 unspecified atom stereocenters. The lowest BCUT2D eigenvalue weighted by atomic mass is 9.77. The number of fused-ring (bicyclic) bond motifs is 2. The monoisotopic (exact) mass is 191 g/mol. The lowest BCUT2D eigenvalue weighted by molar-refractivity contribution is 0.356. The van der Waals surface area contributed by atoms with Gasteiger partial charge in [-0.2, -0.15) is 0 Å². The summed E-state index contributed by atoms with van der Waals surface area (Å²) >= 11 is 0. The number of hydrogen-bond acceptors (Lipinski definition) is 3. The van der Waals surface area contributed by atoms with Crippen molar-refractivity contribution in [3.8, 4) is 0 Å². The fourth-order valence-electron chi connectivity index (χ4n) is 3.06. The van der Waals surface area contributed by atoms with Crippen LogP contribution in [0.1, 0.15) is 13.3 Å². The van der Waals surface area contributed by atoms with Crippen molar-refractivity contribution in [2.24, 2.45) is 17.6 Å². The Morgan fingerprint density at radius 1 is 1.50 bits per heavy atom. The first-order valence-corrected chi connectivity index (χ1v) is 5.44. The molecule has 4 atom stereocenters. The zero-order valence-electron chi connectivity index (χ0n) is 8.46. The second-order valence-electron chi connectivity index (χ2n) is 4.62. The van der Waals surface area contributed by atoms with Crippen molar-refractivity contribution in [1.29, 1.82) is 0 Å². The molecule has 1 aliphatic carbocycles. The minimum atomic E-state index is 0.224. The number of allylic oxidation sites excluding steroid dienone is 1. The van der Waals surface area contributed by atoms with Gasteiger partial charge in [0.05, 0.1) is 0 Å². The topological polar surface area (TPSA) is 50.1 Å². The maximum absolute atomic E-state index is 6.10. The van der Waals surface area contributed by atoms with Crippen molar-refractivity contribution in [3.63, 3.8) is 0 Å². The van der Waals surface area contributed by atoms with Gasteiger partial charge in [-0.1, -0.05) is 19.1 Å². The molecule has 0 aromatic heterocycles. The molecule has 76 valence electrons.